The molecule has 34 heavy (non-hydrogen) atoms. The molecule has 0 radical (unpaired) electrons. The molecule has 0 aromatic heterocycles. The molecule has 1 aliphatic rings. The Morgan fingerprint density at radius 2 is 1.97 bits per heavy atom. The molecule has 3 rings (SSSR count). The molecule has 0 saturated heterocycles. The topological polar surface area (TPSA) is 99.1 Å². The zero-order chi connectivity index (χ0) is 24.8. The van der Waals surface area contributed by atoms with Crippen molar-refractivity contribution in [2.45, 2.75) is 38.1 Å². The molecular formula is C24H25Cl2IN2O5. The monoisotopic (exact) mass is 618 g/mol. The van der Waals surface area contributed by atoms with Gasteiger partial charge in [0.15, 0.2) is 0 Å². The van der Waals surface area contributed by atoms with E-state index in [4.69, 9.17) is 33.0 Å². The van der Waals surface area contributed by atoms with Gasteiger partial charge in [-0.3, -0.25) is 9.59 Å². The Bertz CT molecular complexity index is 1080. The fourth-order valence-corrected chi connectivity index (χ4v) is 4.74. The lowest BCUT2D eigenvalue weighted by molar-refractivity contribution is -0.137. The van der Waals surface area contributed by atoms with E-state index in [-0.39, 0.29) is 32.0 Å². The Kier molecular flexibility index (Phi) is 9.61. The van der Waals surface area contributed by atoms with E-state index in [1.165, 1.54) is 11.8 Å². The van der Waals surface area contributed by atoms with E-state index in [1.807, 2.05) is 18.2 Å². The number of para-hydroxylation sites is 1. The van der Waals surface area contributed by atoms with Crippen LogP contribution in [0.3, 0.4) is 0 Å². The number of carbonyl (C=O) groups excluding carboxylic acids is 2. The Labute approximate surface area is 221 Å². The third-order valence-electron chi connectivity index (χ3n) is 5.47. The van der Waals surface area contributed by atoms with Crippen molar-refractivity contribution in [2.24, 2.45) is 0 Å². The highest BCUT2D eigenvalue weighted by atomic mass is 127. The van der Waals surface area contributed by atoms with Gasteiger partial charge >= 0.3 is 0 Å². The standard InChI is InChI=1S/C24H25Cl2IN2O5/c1-14(31)29(13-15-6-7-17(25)12-18(15)26)20-10-16(24(33)28-8-9-30)11-22(23(20)32)34-21-5-3-2-4-19(21)27/h2-7,11-12,20,22-23,30,32H,8-10,13H2,1H3,(H,28,33). The molecule has 10 heteroatoms. The maximum atomic E-state index is 12.7. The highest BCUT2D eigenvalue weighted by molar-refractivity contribution is 14.1. The first-order chi connectivity index (χ1) is 16.2. The molecule has 182 valence electrons. The zero-order valence-corrected chi connectivity index (χ0v) is 22.0. The van der Waals surface area contributed by atoms with Crippen molar-refractivity contribution in [2.75, 3.05) is 13.2 Å². The normalized spacial score (nSPS) is 19.8. The second kappa shape index (κ2) is 12.2. The minimum Gasteiger partial charge on any atom is -0.482 e. The van der Waals surface area contributed by atoms with Gasteiger partial charge in [0.2, 0.25) is 11.8 Å². The second-order valence-corrected chi connectivity index (χ2v) is 9.83. The SMILES string of the molecule is CC(=O)N(Cc1ccc(Cl)cc1Cl)C1CC(C(=O)NCCO)=CC(Oc2ccccc2I)C1O. The van der Waals surface area contributed by atoms with Gasteiger partial charge in [0, 0.05) is 42.1 Å². The van der Waals surface area contributed by atoms with Crippen LogP contribution in [0.25, 0.3) is 0 Å². The number of rotatable bonds is 8. The van der Waals surface area contributed by atoms with Crippen molar-refractivity contribution in [1.29, 1.82) is 0 Å². The summed E-state index contributed by atoms with van der Waals surface area (Å²) < 4.78 is 6.93. The maximum absolute atomic E-state index is 12.7. The van der Waals surface area contributed by atoms with E-state index in [2.05, 4.69) is 27.9 Å². The fourth-order valence-electron chi connectivity index (χ4n) is 3.76. The predicted molar refractivity (Wildman–Crippen MR) is 139 cm³/mol. The molecule has 0 aliphatic heterocycles. The summed E-state index contributed by atoms with van der Waals surface area (Å²) in [6.07, 6.45) is -0.313. The van der Waals surface area contributed by atoms with Gasteiger partial charge in [-0.1, -0.05) is 41.4 Å². The van der Waals surface area contributed by atoms with Crippen LogP contribution in [0, 0.1) is 3.57 Å². The number of hydrogen-bond donors (Lipinski definition) is 3. The van der Waals surface area contributed by atoms with Crippen LogP contribution < -0.4 is 10.1 Å². The van der Waals surface area contributed by atoms with Crippen LogP contribution in [-0.2, 0) is 16.1 Å². The lowest BCUT2D eigenvalue weighted by Gasteiger charge is -2.40. The summed E-state index contributed by atoms with van der Waals surface area (Å²) in [5, 5.41) is 23.9. The molecule has 1 aliphatic carbocycles. The number of nitrogens with one attached hydrogen (secondary N) is 1. The van der Waals surface area contributed by atoms with Gasteiger partial charge in [0.05, 0.1) is 16.2 Å². The van der Waals surface area contributed by atoms with Crippen LogP contribution in [0.4, 0.5) is 0 Å². The lowest BCUT2D eigenvalue weighted by Crippen LogP contribution is -2.54. The van der Waals surface area contributed by atoms with E-state index >= 15 is 0 Å². The van der Waals surface area contributed by atoms with Crippen LogP contribution in [0.15, 0.2) is 54.1 Å². The molecule has 2 aromatic carbocycles. The number of benzene rings is 2. The number of halogens is 3. The van der Waals surface area contributed by atoms with Crippen molar-refractivity contribution in [3.63, 3.8) is 0 Å². The van der Waals surface area contributed by atoms with Crippen molar-refractivity contribution in [1.82, 2.24) is 10.2 Å². The van der Waals surface area contributed by atoms with E-state index in [9.17, 15) is 14.7 Å². The van der Waals surface area contributed by atoms with E-state index < -0.39 is 24.2 Å². The first-order valence-electron chi connectivity index (χ1n) is 10.6. The summed E-state index contributed by atoms with van der Waals surface area (Å²) in [5.74, 6) is -0.134. The molecule has 0 saturated carbocycles. The number of carbonyl (C=O) groups is 2. The molecule has 2 amide bonds. The van der Waals surface area contributed by atoms with Crippen molar-refractivity contribution in [3.8, 4) is 5.75 Å². The average molecular weight is 619 g/mol. The molecule has 7 nitrogen and oxygen atoms in total. The third-order valence-corrected chi connectivity index (χ3v) is 6.95. The summed E-state index contributed by atoms with van der Waals surface area (Å²) >= 11 is 14.5. The maximum Gasteiger partial charge on any atom is 0.247 e. The van der Waals surface area contributed by atoms with Gasteiger partial charge in [0.25, 0.3) is 0 Å². The van der Waals surface area contributed by atoms with E-state index in [0.29, 0.717) is 26.9 Å². The van der Waals surface area contributed by atoms with Gasteiger partial charge in [-0.25, -0.2) is 0 Å². The van der Waals surface area contributed by atoms with Crippen LogP contribution in [-0.4, -0.2) is 58.3 Å². The minimum absolute atomic E-state index is 0.0856. The van der Waals surface area contributed by atoms with Gasteiger partial charge in [-0.15, -0.1) is 0 Å². The summed E-state index contributed by atoms with van der Waals surface area (Å²) in [5.41, 5.74) is 1.01. The predicted octanol–water partition coefficient (Wildman–Crippen LogP) is 3.56. The average Bonchev–Trinajstić information content (AvgIpc) is 2.79. The minimum atomic E-state index is -1.11. The smallest absolute Gasteiger partial charge is 0.247 e. The molecule has 0 fully saturated rings. The van der Waals surface area contributed by atoms with Gasteiger partial charge in [-0.05, 0) is 58.5 Å². The number of aliphatic hydroxyl groups is 2. The number of amides is 2. The lowest BCUT2D eigenvalue weighted by atomic mass is 9.88. The summed E-state index contributed by atoms with van der Waals surface area (Å²) in [7, 11) is 0. The number of ether oxygens (including phenoxy) is 1. The van der Waals surface area contributed by atoms with Gasteiger partial charge < -0.3 is 25.2 Å². The molecule has 3 N–H and O–H groups in total. The van der Waals surface area contributed by atoms with Gasteiger partial charge in [-0.2, -0.15) is 0 Å². The molecule has 0 heterocycles. The van der Waals surface area contributed by atoms with E-state index in [0.717, 1.165) is 3.57 Å². The van der Waals surface area contributed by atoms with Crippen molar-refractivity contribution >= 4 is 57.6 Å². The molecule has 2 aromatic rings. The Morgan fingerprint density at radius 3 is 2.62 bits per heavy atom. The zero-order valence-electron chi connectivity index (χ0n) is 18.4. The molecule has 0 spiro atoms. The quantitative estimate of drug-likeness (QED) is 0.393. The Balaban J connectivity index is 1.95. The Morgan fingerprint density at radius 1 is 1.24 bits per heavy atom. The summed E-state index contributed by atoms with van der Waals surface area (Å²) in [4.78, 5) is 26.9. The van der Waals surface area contributed by atoms with Crippen LogP contribution in [0.2, 0.25) is 10.0 Å². The summed E-state index contributed by atoms with van der Waals surface area (Å²) in [6.45, 7) is 1.40. The highest BCUT2D eigenvalue weighted by Gasteiger charge is 2.40. The first kappa shape index (κ1) is 26.7. The molecule has 0 bridgehead atoms. The van der Waals surface area contributed by atoms with E-state index in [1.54, 1.807) is 30.3 Å². The molecular weight excluding hydrogens is 594 g/mol. The fraction of sp³-hybridized carbons (Fsp3) is 0.333. The third kappa shape index (κ3) is 6.63. The molecule has 3 unspecified atom stereocenters. The van der Waals surface area contributed by atoms with Crippen molar-refractivity contribution in [3.05, 3.63) is 73.3 Å². The van der Waals surface area contributed by atoms with Crippen LogP contribution in [0.1, 0.15) is 18.9 Å². The first-order valence-corrected chi connectivity index (χ1v) is 12.4. The largest absolute Gasteiger partial charge is 0.482 e. The summed E-state index contributed by atoms with van der Waals surface area (Å²) in [6, 6.07) is 11.6. The number of nitrogens with zero attached hydrogens (tertiary/aromatic N) is 1. The number of hydrogen-bond acceptors (Lipinski definition) is 5. The van der Waals surface area contributed by atoms with Crippen LogP contribution >= 0.6 is 45.8 Å². The van der Waals surface area contributed by atoms with Gasteiger partial charge in [0.1, 0.15) is 18.0 Å². The Hall–Kier alpha value is -1.85. The number of aliphatic hydroxyl groups excluding tert-OH is 2. The van der Waals surface area contributed by atoms with Crippen LogP contribution in [0.5, 0.6) is 5.75 Å². The van der Waals surface area contributed by atoms with Crippen molar-refractivity contribution < 1.29 is 24.5 Å². The highest BCUT2D eigenvalue weighted by Crippen LogP contribution is 2.31. The second-order valence-electron chi connectivity index (χ2n) is 7.83. The molecule has 3 atom stereocenters.